The van der Waals surface area contributed by atoms with Crippen LogP contribution in [0.5, 0.6) is 0 Å². The molecule has 0 aliphatic carbocycles. The molecule has 0 saturated heterocycles. The Kier molecular flexibility index (Phi) is 6.22. The van der Waals surface area contributed by atoms with Gasteiger partial charge in [-0.25, -0.2) is 0 Å². The third-order valence-electron chi connectivity index (χ3n) is 3.19. The van der Waals surface area contributed by atoms with Crippen LogP contribution in [0, 0.1) is 5.92 Å². The van der Waals surface area contributed by atoms with Gasteiger partial charge < -0.3 is 11.1 Å². The molecular weight excluding hydrogens is 244 g/mol. The van der Waals surface area contributed by atoms with E-state index in [9.17, 15) is 4.79 Å². The molecule has 0 aliphatic heterocycles. The van der Waals surface area contributed by atoms with Crippen LogP contribution in [0.25, 0.3) is 0 Å². The van der Waals surface area contributed by atoms with Gasteiger partial charge in [-0.05, 0) is 29.9 Å². The Morgan fingerprint density at radius 2 is 2.00 bits per heavy atom. The lowest BCUT2D eigenvalue weighted by Crippen LogP contribution is -2.44. The van der Waals surface area contributed by atoms with Gasteiger partial charge in [-0.2, -0.15) is 0 Å². The molecule has 1 amide bonds. The molecule has 1 aromatic rings. The lowest BCUT2D eigenvalue weighted by Gasteiger charge is -2.17. The van der Waals surface area contributed by atoms with E-state index < -0.39 is 6.04 Å². The predicted molar refractivity (Wildman–Crippen MR) is 77.5 cm³/mol. The summed E-state index contributed by atoms with van der Waals surface area (Å²) in [4.78, 5) is 13.0. The molecule has 0 bridgehead atoms. The standard InChI is InChI=1S/C14H22N2OS/c1-4-10(2)13(15)14(17)16-9-11-5-7-12(18-3)8-6-11/h5-8,10,13H,4,9,15H2,1-3H3,(H,16,17). The number of nitrogens with two attached hydrogens (primary N) is 1. The van der Waals surface area contributed by atoms with E-state index in [-0.39, 0.29) is 11.8 Å². The zero-order chi connectivity index (χ0) is 13.5. The zero-order valence-electron chi connectivity index (χ0n) is 11.3. The quantitative estimate of drug-likeness (QED) is 0.777. The highest BCUT2D eigenvalue weighted by molar-refractivity contribution is 7.98. The first kappa shape index (κ1) is 15.1. The number of carbonyl (C=O) groups excluding carboxylic acids is 1. The normalized spacial score (nSPS) is 14.0. The third-order valence-corrected chi connectivity index (χ3v) is 3.93. The third kappa shape index (κ3) is 4.35. The van der Waals surface area contributed by atoms with Crippen molar-refractivity contribution >= 4 is 17.7 Å². The molecule has 0 fully saturated rings. The van der Waals surface area contributed by atoms with Crippen molar-refractivity contribution in [2.45, 2.75) is 37.8 Å². The van der Waals surface area contributed by atoms with Crippen molar-refractivity contribution in [2.75, 3.05) is 6.26 Å². The summed E-state index contributed by atoms with van der Waals surface area (Å²) in [5.41, 5.74) is 6.96. The minimum absolute atomic E-state index is 0.0710. The first-order chi connectivity index (χ1) is 8.58. The molecule has 2 atom stereocenters. The minimum atomic E-state index is -0.416. The van der Waals surface area contributed by atoms with E-state index in [0.717, 1.165) is 12.0 Å². The van der Waals surface area contributed by atoms with Gasteiger partial charge in [-0.3, -0.25) is 4.79 Å². The van der Waals surface area contributed by atoms with E-state index in [0.29, 0.717) is 6.54 Å². The smallest absolute Gasteiger partial charge is 0.237 e. The van der Waals surface area contributed by atoms with Crippen molar-refractivity contribution in [3.8, 4) is 0 Å². The summed E-state index contributed by atoms with van der Waals surface area (Å²) < 4.78 is 0. The summed E-state index contributed by atoms with van der Waals surface area (Å²) in [5.74, 6) is 0.141. The van der Waals surface area contributed by atoms with Crippen LogP contribution in [-0.2, 0) is 11.3 Å². The van der Waals surface area contributed by atoms with Crippen molar-refractivity contribution in [2.24, 2.45) is 11.7 Å². The van der Waals surface area contributed by atoms with Crippen LogP contribution in [0.4, 0.5) is 0 Å². The Bertz CT molecular complexity index is 378. The molecule has 3 nitrogen and oxygen atoms in total. The van der Waals surface area contributed by atoms with Crippen LogP contribution in [0.15, 0.2) is 29.2 Å². The molecule has 100 valence electrons. The number of thioether (sulfide) groups is 1. The molecule has 1 aromatic carbocycles. The SMILES string of the molecule is CCC(C)C(N)C(=O)NCc1ccc(SC)cc1. The van der Waals surface area contributed by atoms with Crippen LogP contribution in [0.1, 0.15) is 25.8 Å². The molecule has 0 aromatic heterocycles. The van der Waals surface area contributed by atoms with Gasteiger partial charge in [0.2, 0.25) is 5.91 Å². The van der Waals surface area contributed by atoms with E-state index >= 15 is 0 Å². The zero-order valence-corrected chi connectivity index (χ0v) is 12.1. The van der Waals surface area contributed by atoms with Crippen molar-refractivity contribution in [1.29, 1.82) is 0 Å². The number of rotatable bonds is 6. The molecule has 0 radical (unpaired) electrons. The number of nitrogens with one attached hydrogen (secondary N) is 1. The number of amides is 1. The first-order valence-electron chi connectivity index (χ1n) is 6.24. The van der Waals surface area contributed by atoms with Gasteiger partial charge in [0.25, 0.3) is 0 Å². The first-order valence-corrected chi connectivity index (χ1v) is 7.47. The molecule has 18 heavy (non-hydrogen) atoms. The highest BCUT2D eigenvalue weighted by Crippen LogP contribution is 2.14. The fourth-order valence-corrected chi connectivity index (χ4v) is 1.97. The highest BCUT2D eigenvalue weighted by Gasteiger charge is 2.18. The average Bonchev–Trinajstić information content (AvgIpc) is 2.43. The maximum atomic E-state index is 11.8. The lowest BCUT2D eigenvalue weighted by molar-refractivity contribution is -0.123. The molecular formula is C14H22N2OS. The van der Waals surface area contributed by atoms with Crippen molar-refractivity contribution < 1.29 is 4.79 Å². The second-order valence-electron chi connectivity index (χ2n) is 4.48. The predicted octanol–water partition coefficient (Wildman–Crippen LogP) is 2.40. The largest absolute Gasteiger partial charge is 0.351 e. The van der Waals surface area contributed by atoms with E-state index in [1.807, 2.05) is 32.2 Å². The summed E-state index contributed by atoms with van der Waals surface area (Å²) in [6.07, 6.45) is 2.96. The summed E-state index contributed by atoms with van der Waals surface area (Å²) in [5, 5.41) is 2.88. The van der Waals surface area contributed by atoms with E-state index in [1.54, 1.807) is 11.8 Å². The van der Waals surface area contributed by atoms with Gasteiger partial charge in [-0.15, -0.1) is 11.8 Å². The van der Waals surface area contributed by atoms with Gasteiger partial charge in [0.15, 0.2) is 0 Å². The molecule has 0 saturated carbocycles. The number of hydrogen-bond donors (Lipinski definition) is 2. The van der Waals surface area contributed by atoms with E-state index in [2.05, 4.69) is 17.4 Å². The van der Waals surface area contributed by atoms with Crippen molar-refractivity contribution in [3.63, 3.8) is 0 Å². The Hall–Kier alpha value is -1.00. The summed E-state index contributed by atoms with van der Waals surface area (Å²) in [7, 11) is 0. The molecule has 4 heteroatoms. The topological polar surface area (TPSA) is 55.1 Å². The fraction of sp³-hybridized carbons (Fsp3) is 0.500. The Balaban J connectivity index is 2.46. The maximum absolute atomic E-state index is 11.8. The van der Waals surface area contributed by atoms with Gasteiger partial charge in [0.05, 0.1) is 6.04 Å². The van der Waals surface area contributed by atoms with Crippen molar-refractivity contribution in [3.05, 3.63) is 29.8 Å². The van der Waals surface area contributed by atoms with Crippen molar-refractivity contribution in [1.82, 2.24) is 5.32 Å². The summed E-state index contributed by atoms with van der Waals surface area (Å²) >= 11 is 1.71. The minimum Gasteiger partial charge on any atom is -0.351 e. The van der Waals surface area contributed by atoms with Gasteiger partial charge in [0.1, 0.15) is 0 Å². The second kappa shape index (κ2) is 7.44. The molecule has 0 spiro atoms. The number of benzene rings is 1. The molecule has 3 N–H and O–H groups in total. The number of carbonyl (C=O) groups is 1. The fourth-order valence-electron chi connectivity index (χ4n) is 1.56. The van der Waals surface area contributed by atoms with Gasteiger partial charge >= 0.3 is 0 Å². The monoisotopic (exact) mass is 266 g/mol. The van der Waals surface area contributed by atoms with Gasteiger partial charge in [-0.1, -0.05) is 32.4 Å². The maximum Gasteiger partial charge on any atom is 0.237 e. The second-order valence-corrected chi connectivity index (χ2v) is 5.36. The highest BCUT2D eigenvalue weighted by atomic mass is 32.2. The van der Waals surface area contributed by atoms with Crippen LogP contribution in [0.3, 0.4) is 0 Å². The Labute approximate surface area is 114 Å². The molecule has 0 aliphatic rings. The average molecular weight is 266 g/mol. The van der Waals surface area contributed by atoms with E-state index in [1.165, 1.54) is 4.90 Å². The molecule has 1 rings (SSSR count). The van der Waals surface area contributed by atoms with Crippen LogP contribution < -0.4 is 11.1 Å². The molecule has 2 unspecified atom stereocenters. The van der Waals surface area contributed by atoms with E-state index in [4.69, 9.17) is 5.73 Å². The molecule has 0 heterocycles. The number of hydrogen-bond acceptors (Lipinski definition) is 3. The lowest BCUT2D eigenvalue weighted by atomic mass is 9.99. The van der Waals surface area contributed by atoms with Crippen LogP contribution >= 0.6 is 11.8 Å². The Morgan fingerprint density at radius 3 is 2.50 bits per heavy atom. The summed E-state index contributed by atoms with van der Waals surface area (Å²) in [6.45, 7) is 4.58. The van der Waals surface area contributed by atoms with Gasteiger partial charge in [0, 0.05) is 11.4 Å². The Morgan fingerprint density at radius 1 is 1.39 bits per heavy atom. The van der Waals surface area contributed by atoms with Crippen LogP contribution in [-0.4, -0.2) is 18.2 Å². The summed E-state index contributed by atoms with van der Waals surface area (Å²) in [6, 6.07) is 7.75. The van der Waals surface area contributed by atoms with Crippen LogP contribution in [0.2, 0.25) is 0 Å².